The molecule has 0 amide bonds. The Hall–Kier alpha value is -2.57. The Labute approximate surface area is 372 Å². The molecule has 11 heteroatoms. The minimum atomic E-state index is -3.92. The van der Waals surface area contributed by atoms with Crippen molar-refractivity contribution in [1.82, 2.24) is 19.7 Å². The molecule has 1 aromatic heterocycles. The summed E-state index contributed by atoms with van der Waals surface area (Å²) in [5, 5.41) is 0.745. The van der Waals surface area contributed by atoms with E-state index in [1.54, 1.807) is 30.5 Å². The molecule has 340 valence electrons. The van der Waals surface area contributed by atoms with Gasteiger partial charge in [0.25, 0.3) is 0 Å². The van der Waals surface area contributed by atoms with Crippen molar-refractivity contribution < 1.29 is 17.4 Å². The number of pyridine rings is 1. The lowest BCUT2D eigenvalue weighted by Crippen LogP contribution is -2.55. The molecule has 4 heterocycles. The number of rotatable bonds is 25. The van der Waals surface area contributed by atoms with Crippen molar-refractivity contribution in [3.05, 3.63) is 48.7 Å². The SMILES string of the molecule is CCCCCCCCCCCCCCCCCCOc1ccc(S(=O)(=O)c2cnc3ccc([S@](C)=O)cc3c2N2CCC(N3CCC(N4CCN(CC)CC4)CC3)CC2)cc1. The number of nitrogens with zero attached hydrogens (tertiary/aromatic N) is 5. The largest absolute Gasteiger partial charge is 0.494 e. The molecule has 0 saturated carbocycles. The Balaban J connectivity index is 0.980. The second-order valence-corrected chi connectivity index (χ2v) is 21.5. The van der Waals surface area contributed by atoms with Crippen LogP contribution in [0.2, 0.25) is 0 Å². The Bertz CT molecular complexity index is 1870. The lowest BCUT2D eigenvalue weighted by atomic mass is 9.96. The highest BCUT2D eigenvalue weighted by Gasteiger charge is 2.34. The Morgan fingerprint density at radius 3 is 1.72 bits per heavy atom. The number of likely N-dealkylation sites (N-methyl/N-ethyl adjacent to an activating group) is 1. The van der Waals surface area contributed by atoms with E-state index >= 15 is 0 Å². The zero-order valence-electron chi connectivity index (χ0n) is 38.2. The van der Waals surface area contributed by atoms with Crippen molar-refractivity contribution >= 4 is 37.2 Å². The number of piperidine rings is 2. The summed E-state index contributed by atoms with van der Waals surface area (Å²) in [6, 6.07) is 13.7. The van der Waals surface area contributed by atoms with Crippen LogP contribution in [-0.4, -0.2) is 116 Å². The molecule has 0 aliphatic carbocycles. The van der Waals surface area contributed by atoms with E-state index in [-0.39, 0.29) is 9.79 Å². The topological polar surface area (TPSA) is 86.3 Å². The van der Waals surface area contributed by atoms with Gasteiger partial charge in [-0.05, 0) is 94.2 Å². The molecule has 61 heavy (non-hydrogen) atoms. The first-order valence-electron chi connectivity index (χ1n) is 24.5. The maximum Gasteiger partial charge on any atom is 0.210 e. The molecule has 9 nitrogen and oxygen atoms in total. The van der Waals surface area contributed by atoms with Gasteiger partial charge in [0.05, 0.1) is 22.7 Å². The van der Waals surface area contributed by atoms with Crippen LogP contribution < -0.4 is 9.64 Å². The van der Waals surface area contributed by atoms with Crippen molar-refractivity contribution in [3.63, 3.8) is 0 Å². The number of aromatic nitrogens is 1. The molecule has 3 aliphatic heterocycles. The molecule has 0 radical (unpaired) electrons. The molecule has 0 spiro atoms. The van der Waals surface area contributed by atoms with Crippen LogP contribution in [0.5, 0.6) is 5.75 Å². The number of sulfone groups is 1. The number of fused-ring (bicyclic) bond motifs is 1. The lowest BCUT2D eigenvalue weighted by Gasteiger charge is -2.46. The Kier molecular flexibility index (Phi) is 19.7. The normalized spacial score (nSPS) is 18.6. The summed E-state index contributed by atoms with van der Waals surface area (Å²) in [6.45, 7) is 14.9. The first-order chi connectivity index (χ1) is 29.8. The van der Waals surface area contributed by atoms with Crippen LogP contribution in [0, 0.1) is 0 Å². The fourth-order valence-corrected chi connectivity index (χ4v) is 12.0. The van der Waals surface area contributed by atoms with E-state index in [0.717, 1.165) is 63.8 Å². The number of benzene rings is 2. The van der Waals surface area contributed by atoms with Crippen LogP contribution in [0.15, 0.2) is 63.3 Å². The summed E-state index contributed by atoms with van der Waals surface area (Å²) in [6.07, 6.45) is 29.0. The van der Waals surface area contributed by atoms with E-state index in [9.17, 15) is 12.6 Å². The predicted octanol–water partition coefficient (Wildman–Crippen LogP) is 10.5. The second-order valence-electron chi connectivity index (χ2n) is 18.2. The first-order valence-corrected chi connectivity index (χ1v) is 27.5. The number of unbranched alkanes of at least 4 members (excludes halogenated alkanes) is 15. The molecule has 6 rings (SSSR count). The zero-order chi connectivity index (χ0) is 42.9. The van der Waals surface area contributed by atoms with Crippen LogP contribution in [-0.2, 0) is 20.6 Å². The fourth-order valence-electron chi connectivity index (χ4n) is 10.0. The number of anilines is 1. The number of piperazine rings is 1. The third kappa shape index (κ3) is 14.0. The van der Waals surface area contributed by atoms with Gasteiger partial charge in [-0.2, -0.15) is 0 Å². The van der Waals surface area contributed by atoms with Gasteiger partial charge in [-0.1, -0.05) is 110 Å². The van der Waals surface area contributed by atoms with Gasteiger partial charge in [-0.15, -0.1) is 0 Å². The molecule has 3 fully saturated rings. The van der Waals surface area contributed by atoms with E-state index in [2.05, 4.69) is 38.4 Å². The maximum atomic E-state index is 14.5. The van der Waals surface area contributed by atoms with Crippen LogP contribution in [0.4, 0.5) is 5.69 Å². The zero-order valence-corrected chi connectivity index (χ0v) is 39.8. The summed E-state index contributed by atoms with van der Waals surface area (Å²) >= 11 is 0. The van der Waals surface area contributed by atoms with Gasteiger partial charge in [0.1, 0.15) is 10.6 Å². The van der Waals surface area contributed by atoms with E-state index in [4.69, 9.17) is 4.74 Å². The van der Waals surface area contributed by atoms with Gasteiger partial charge < -0.3 is 19.4 Å². The van der Waals surface area contributed by atoms with Gasteiger partial charge in [0, 0.05) is 84.9 Å². The van der Waals surface area contributed by atoms with E-state index in [0.29, 0.717) is 40.5 Å². The van der Waals surface area contributed by atoms with Crippen LogP contribution in [0.1, 0.15) is 142 Å². The van der Waals surface area contributed by atoms with Gasteiger partial charge in [0.2, 0.25) is 9.84 Å². The highest BCUT2D eigenvalue weighted by Crippen LogP contribution is 2.39. The lowest BCUT2D eigenvalue weighted by molar-refractivity contribution is 0.0449. The molecule has 3 aliphatic rings. The molecule has 3 aromatic rings. The van der Waals surface area contributed by atoms with Crippen molar-refractivity contribution in [1.29, 1.82) is 0 Å². The van der Waals surface area contributed by atoms with Gasteiger partial charge >= 0.3 is 0 Å². The van der Waals surface area contributed by atoms with Crippen molar-refractivity contribution in [3.8, 4) is 5.75 Å². The van der Waals surface area contributed by atoms with Crippen molar-refractivity contribution in [2.24, 2.45) is 0 Å². The van der Waals surface area contributed by atoms with Crippen molar-refractivity contribution in [2.75, 3.05) is 76.7 Å². The molecule has 0 N–H and O–H groups in total. The van der Waals surface area contributed by atoms with Gasteiger partial charge in [0.15, 0.2) is 0 Å². The van der Waals surface area contributed by atoms with Crippen molar-refractivity contribution in [2.45, 2.75) is 169 Å². The minimum Gasteiger partial charge on any atom is -0.494 e. The Morgan fingerprint density at radius 2 is 1.18 bits per heavy atom. The van der Waals surface area contributed by atoms with E-state index in [1.807, 2.05) is 18.2 Å². The van der Waals surface area contributed by atoms with Crippen LogP contribution >= 0.6 is 0 Å². The summed E-state index contributed by atoms with van der Waals surface area (Å²) in [5.41, 5.74) is 1.40. The van der Waals surface area contributed by atoms with E-state index in [1.165, 1.54) is 135 Å². The highest BCUT2D eigenvalue weighted by atomic mass is 32.2. The first kappa shape index (κ1) is 47.9. The number of hydrogen-bond acceptors (Lipinski definition) is 9. The average molecular weight is 878 g/mol. The Morgan fingerprint density at radius 1 is 0.656 bits per heavy atom. The minimum absolute atomic E-state index is 0.211. The summed E-state index contributed by atoms with van der Waals surface area (Å²) in [4.78, 5) is 16.0. The number of hydrogen-bond donors (Lipinski definition) is 0. The molecular weight excluding hydrogens is 799 g/mol. The van der Waals surface area contributed by atoms with Gasteiger partial charge in [-0.25, -0.2) is 8.42 Å². The quantitative estimate of drug-likeness (QED) is 0.0773. The summed E-state index contributed by atoms with van der Waals surface area (Å²) in [7, 11) is -5.14. The van der Waals surface area contributed by atoms with Gasteiger partial charge in [-0.3, -0.25) is 14.1 Å². The molecule has 1 atom stereocenters. The highest BCUT2D eigenvalue weighted by molar-refractivity contribution is 7.91. The standard InChI is InChI=1S/C50H79N5O4S2/c1-4-6-7-8-9-10-11-12-13-14-15-16-17-18-19-20-39-59-44-21-24-46(25-22-44)61(57,58)49-41-51-48-26-23-45(60(3)56)40-47(48)50(49)55-33-29-42(30-34-55)53-31-27-43(28-32-53)54-37-35-52(5-2)36-38-54/h21-26,40-43H,4-20,27-39H2,1-3H3/t60-/m0/s1. The van der Waals surface area contributed by atoms with E-state index < -0.39 is 20.6 Å². The maximum absolute atomic E-state index is 14.5. The molecule has 3 saturated heterocycles. The third-order valence-electron chi connectivity index (χ3n) is 14.0. The number of likely N-dealkylation sites (tertiary alicyclic amines) is 1. The van der Waals surface area contributed by atoms with Crippen LogP contribution in [0.3, 0.4) is 0 Å². The summed E-state index contributed by atoms with van der Waals surface area (Å²) in [5.74, 6) is 0.692. The predicted molar refractivity (Wildman–Crippen MR) is 255 cm³/mol. The fraction of sp³-hybridized carbons (Fsp3) is 0.700. The average Bonchev–Trinajstić information content (AvgIpc) is 3.29. The second kappa shape index (κ2) is 25.1. The molecule has 0 bridgehead atoms. The molecule has 0 unspecified atom stereocenters. The molecule has 2 aromatic carbocycles. The molecular formula is C50H79N5O4S2. The smallest absolute Gasteiger partial charge is 0.210 e. The monoisotopic (exact) mass is 878 g/mol. The van der Waals surface area contributed by atoms with Crippen LogP contribution in [0.25, 0.3) is 10.9 Å². The number of ether oxygens (including phenoxy) is 1. The summed E-state index contributed by atoms with van der Waals surface area (Å²) < 4.78 is 47.8. The third-order valence-corrected chi connectivity index (χ3v) is 16.7.